The third-order valence-electron chi connectivity index (χ3n) is 3.65. The van der Waals surface area contributed by atoms with Crippen LogP contribution in [-0.2, 0) is 11.0 Å². The maximum absolute atomic E-state index is 12.6. The predicted molar refractivity (Wildman–Crippen MR) is 70.3 cm³/mol. The van der Waals surface area contributed by atoms with Crippen LogP contribution in [0.15, 0.2) is 12.1 Å². The molecule has 2 rings (SSSR count). The zero-order chi connectivity index (χ0) is 16.5. The number of amides is 1. The first kappa shape index (κ1) is 16.3. The number of alkyl halides is 3. The number of nitrogens with zero attached hydrogens (tertiary/aromatic N) is 2. The molecule has 1 aliphatic heterocycles. The molecular weight excluding hydrogens is 301 g/mol. The van der Waals surface area contributed by atoms with E-state index in [4.69, 9.17) is 5.11 Å². The number of hydrogen-bond donors (Lipinski definition) is 1. The summed E-state index contributed by atoms with van der Waals surface area (Å²) >= 11 is 0. The maximum atomic E-state index is 12.6. The van der Waals surface area contributed by atoms with Crippen LogP contribution in [0.25, 0.3) is 0 Å². The molecule has 1 unspecified atom stereocenters. The summed E-state index contributed by atoms with van der Waals surface area (Å²) in [5.41, 5.74) is -0.990. The van der Waals surface area contributed by atoms with Crippen LogP contribution in [0.1, 0.15) is 41.0 Å². The van der Waals surface area contributed by atoms with Crippen molar-refractivity contribution in [1.29, 1.82) is 0 Å². The summed E-state index contributed by atoms with van der Waals surface area (Å²) in [5, 5.41) is 8.85. The zero-order valence-corrected chi connectivity index (χ0v) is 11.9. The Morgan fingerprint density at radius 2 is 2.09 bits per heavy atom. The van der Waals surface area contributed by atoms with E-state index >= 15 is 0 Å². The standard InChI is InChI=1S/C14H15F3N2O3/c1-8-10(4-5-11(18-8)14(15,16)17)13(22)19-6-2-3-9(19)7-12(20)21/h4-5,9H,2-3,6-7H2,1H3,(H,20,21). The molecule has 0 aromatic carbocycles. The van der Waals surface area contributed by atoms with Crippen molar-refractivity contribution in [2.24, 2.45) is 0 Å². The van der Waals surface area contributed by atoms with Gasteiger partial charge in [0.25, 0.3) is 5.91 Å². The van der Waals surface area contributed by atoms with Gasteiger partial charge in [-0.15, -0.1) is 0 Å². The van der Waals surface area contributed by atoms with Gasteiger partial charge in [-0.25, -0.2) is 4.98 Å². The average Bonchev–Trinajstić information content (AvgIpc) is 2.84. The molecule has 0 saturated carbocycles. The van der Waals surface area contributed by atoms with E-state index in [2.05, 4.69) is 4.98 Å². The molecular formula is C14H15F3N2O3. The molecule has 1 saturated heterocycles. The van der Waals surface area contributed by atoms with E-state index in [-0.39, 0.29) is 17.7 Å². The van der Waals surface area contributed by atoms with Crippen LogP contribution in [0.3, 0.4) is 0 Å². The third-order valence-corrected chi connectivity index (χ3v) is 3.65. The Balaban J connectivity index is 2.24. The number of rotatable bonds is 3. The molecule has 0 bridgehead atoms. The van der Waals surface area contributed by atoms with E-state index in [1.807, 2.05) is 0 Å². The van der Waals surface area contributed by atoms with E-state index in [0.717, 1.165) is 12.1 Å². The fourth-order valence-corrected chi connectivity index (χ4v) is 2.62. The van der Waals surface area contributed by atoms with Crippen molar-refractivity contribution in [1.82, 2.24) is 9.88 Å². The van der Waals surface area contributed by atoms with Crippen LogP contribution in [0.4, 0.5) is 13.2 Å². The molecule has 1 aliphatic rings. The fraction of sp³-hybridized carbons (Fsp3) is 0.500. The van der Waals surface area contributed by atoms with Crippen LogP contribution >= 0.6 is 0 Å². The number of carboxylic acids is 1. The molecule has 2 heterocycles. The lowest BCUT2D eigenvalue weighted by molar-refractivity contribution is -0.141. The van der Waals surface area contributed by atoms with Gasteiger partial charge in [-0.05, 0) is 31.9 Å². The number of carboxylic acid groups (broad SMARTS) is 1. The molecule has 1 N–H and O–H groups in total. The molecule has 0 aliphatic carbocycles. The molecule has 120 valence electrons. The molecule has 5 nitrogen and oxygen atoms in total. The Morgan fingerprint density at radius 3 is 2.64 bits per heavy atom. The lowest BCUT2D eigenvalue weighted by atomic mass is 10.1. The minimum Gasteiger partial charge on any atom is -0.481 e. The van der Waals surface area contributed by atoms with Gasteiger partial charge in [-0.2, -0.15) is 13.2 Å². The van der Waals surface area contributed by atoms with Gasteiger partial charge in [0.2, 0.25) is 0 Å². The van der Waals surface area contributed by atoms with Gasteiger partial charge >= 0.3 is 12.1 Å². The number of aryl methyl sites for hydroxylation is 1. The molecule has 1 atom stereocenters. The topological polar surface area (TPSA) is 70.5 Å². The highest BCUT2D eigenvalue weighted by molar-refractivity contribution is 5.95. The molecule has 1 aromatic heterocycles. The van der Waals surface area contributed by atoms with Gasteiger partial charge in [-0.1, -0.05) is 0 Å². The van der Waals surface area contributed by atoms with Crippen molar-refractivity contribution in [2.75, 3.05) is 6.54 Å². The summed E-state index contributed by atoms with van der Waals surface area (Å²) in [6, 6.07) is 1.44. The maximum Gasteiger partial charge on any atom is 0.433 e. The molecule has 0 radical (unpaired) electrons. The van der Waals surface area contributed by atoms with Crippen molar-refractivity contribution >= 4 is 11.9 Å². The highest BCUT2D eigenvalue weighted by Gasteiger charge is 2.35. The monoisotopic (exact) mass is 316 g/mol. The Bertz CT molecular complexity index is 601. The summed E-state index contributed by atoms with van der Waals surface area (Å²) < 4.78 is 37.8. The second-order valence-electron chi connectivity index (χ2n) is 5.22. The second kappa shape index (κ2) is 5.94. The van der Waals surface area contributed by atoms with Gasteiger partial charge in [-0.3, -0.25) is 9.59 Å². The first-order valence-corrected chi connectivity index (χ1v) is 6.77. The van der Waals surface area contributed by atoms with Crippen LogP contribution in [0.5, 0.6) is 0 Å². The number of halogens is 3. The van der Waals surface area contributed by atoms with E-state index in [1.54, 1.807) is 0 Å². The predicted octanol–water partition coefficient (Wildman–Crippen LogP) is 2.49. The SMILES string of the molecule is Cc1nc(C(F)(F)F)ccc1C(=O)N1CCCC1CC(=O)O. The summed E-state index contributed by atoms with van der Waals surface area (Å²) in [6.07, 6.45) is -3.48. The normalized spacial score (nSPS) is 18.5. The van der Waals surface area contributed by atoms with E-state index in [1.165, 1.54) is 11.8 Å². The largest absolute Gasteiger partial charge is 0.481 e. The number of aromatic nitrogens is 1. The third kappa shape index (κ3) is 3.37. The Morgan fingerprint density at radius 1 is 1.41 bits per heavy atom. The summed E-state index contributed by atoms with van der Waals surface area (Å²) in [6.45, 7) is 1.74. The highest BCUT2D eigenvalue weighted by atomic mass is 19.4. The number of aliphatic carboxylic acids is 1. The van der Waals surface area contributed by atoms with E-state index < -0.39 is 29.8 Å². The minimum atomic E-state index is -4.56. The average molecular weight is 316 g/mol. The van der Waals surface area contributed by atoms with Gasteiger partial charge in [0.1, 0.15) is 5.69 Å². The van der Waals surface area contributed by atoms with Crippen LogP contribution < -0.4 is 0 Å². The van der Waals surface area contributed by atoms with Crippen molar-refractivity contribution in [3.05, 3.63) is 29.1 Å². The quantitative estimate of drug-likeness (QED) is 0.930. The second-order valence-corrected chi connectivity index (χ2v) is 5.22. The Labute approximate surface area is 124 Å². The van der Waals surface area contributed by atoms with Gasteiger partial charge < -0.3 is 10.0 Å². The van der Waals surface area contributed by atoms with Crippen molar-refractivity contribution in [2.45, 2.75) is 38.4 Å². The Kier molecular flexibility index (Phi) is 4.39. The molecule has 0 spiro atoms. The lowest BCUT2D eigenvalue weighted by Crippen LogP contribution is -2.37. The van der Waals surface area contributed by atoms with Crippen molar-refractivity contribution in [3.63, 3.8) is 0 Å². The van der Waals surface area contributed by atoms with Crippen LogP contribution in [0.2, 0.25) is 0 Å². The molecule has 1 amide bonds. The smallest absolute Gasteiger partial charge is 0.433 e. The number of hydrogen-bond acceptors (Lipinski definition) is 3. The summed E-state index contributed by atoms with van der Waals surface area (Å²) in [4.78, 5) is 28.1. The van der Waals surface area contributed by atoms with Gasteiger partial charge in [0, 0.05) is 12.6 Å². The van der Waals surface area contributed by atoms with Gasteiger partial charge in [0.05, 0.1) is 17.7 Å². The number of carbonyl (C=O) groups excluding carboxylic acids is 1. The molecule has 1 aromatic rings. The molecule has 22 heavy (non-hydrogen) atoms. The van der Waals surface area contributed by atoms with Crippen molar-refractivity contribution in [3.8, 4) is 0 Å². The van der Waals surface area contributed by atoms with Crippen LogP contribution in [-0.4, -0.2) is 39.5 Å². The Hall–Kier alpha value is -2.12. The number of pyridine rings is 1. The highest BCUT2D eigenvalue weighted by Crippen LogP contribution is 2.29. The zero-order valence-electron chi connectivity index (χ0n) is 11.9. The molecule has 1 fully saturated rings. The van der Waals surface area contributed by atoms with Gasteiger partial charge in [0.15, 0.2) is 0 Å². The number of likely N-dealkylation sites (tertiary alicyclic amines) is 1. The minimum absolute atomic E-state index is 0.0131. The molecule has 8 heteroatoms. The lowest BCUT2D eigenvalue weighted by Gasteiger charge is -2.24. The van der Waals surface area contributed by atoms with Crippen LogP contribution in [0, 0.1) is 6.92 Å². The van der Waals surface area contributed by atoms with E-state index in [9.17, 15) is 22.8 Å². The fourth-order valence-electron chi connectivity index (χ4n) is 2.62. The summed E-state index contributed by atoms with van der Waals surface area (Å²) in [5.74, 6) is -1.48. The first-order chi connectivity index (χ1) is 10.2. The first-order valence-electron chi connectivity index (χ1n) is 6.77. The number of carbonyl (C=O) groups is 2. The van der Waals surface area contributed by atoms with E-state index in [0.29, 0.717) is 19.4 Å². The summed E-state index contributed by atoms with van der Waals surface area (Å²) in [7, 11) is 0. The van der Waals surface area contributed by atoms with Crippen molar-refractivity contribution < 1.29 is 27.9 Å².